The van der Waals surface area contributed by atoms with Crippen LogP contribution in [0, 0.1) is 12.8 Å². The Morgan fingerprint density at radius 3 is 2.83 bits per heavy atom. The van der Waals surface area contributed by atoms with Gasteiger partial charge in [0.15, 0.2) is 0 Å². The lowest BCUT2D eigenvalue weighted by Gasteiger charge is -2.07. The van der Waals surface area contributed by atoms with Crippen molar-refractivity contribution in [3.63, 3.8) is 0 Å². The van der Waals surface area contributed by atoms with E-state index in [2.05, 4.69) is 29.7 Å². The third-order valence-electron chi connectivity index (χ3n) is 3.92. The largest absolute Gasteiger partial charge is 0.352 e. The average Bonchev–Trinajstić information content (AvgIpc) is 3.19. The number of thiophene rings is 1. The first-order chi connectivity index (χ1) is 11.0. The number of nitrogens with two attached hydrogens (primary N) is 1. The molecule has 1 aliphatic carbocycles. The Morgan fingerprint density at radius 2 is 2.13 bits per heavy atom. The molecule has 4 N–H and O–H groups in total. The van der Waals surface area contributed by atoms with Gasteiger partial charge >= 0.3 is 6.03 Å². The highest BCUT2D eigenvalue weighted by Gasteiger charge is 2.44. The van der Waals surface area contributed by atoms with Gasteiger partial charge < -0.3 is 16.4 Å². The zero-order chi connectivity index (χ0) is 16.4. The van der Waals surface area contributed by atoms with Crippen molar-refractivity contribution >= 4 is 29.0 Å². The van der Waals surface area contributed by atoms with E-state index in [0.29, 0.717) is 18.2 Å². The summed E-state index contributed by atoms with van der Waals surface area (Å²) >= 11 is 1.77. The van der Waals surface area contributed by atoms with E-state index < -0.39 is 6.03 Å². The Morgan fingerprint density at radius 1 is 1.30 bits per heavy atom. The molecule has 0 saturated heterocycles. The maximum atomic E-state index is 12.2. The molecule has 0 unspecified atom stereocenters. The second kappa shape index (κ2) is 6.42. The van der Waals surface area contributed by atoms with Crippen LogP contribution in [0.3, 0.4) is 0 Å². The molecule has 0 bridgehead atoms. The van der Waals surface area contributed by atoms with Gasteiger partial charge in [0.05, 0.1) is 0 Å². The van der Waals surface area contributed by atoms with Crippen LogP contribution in [0.15, 0.2) is 36.4 Å². The second-order valence-electron chi connectivity index (χ2n) is 5.80. The maximum Gasteiger partial charge on any atom is 0.316 e. The molecular formula is C17H19N3O2S. The van der Waals surface area contributed by atoms with Gasteiger partial charge in [-0.1, -0.05) is 12.1 Å². The molecule has 1 aliphatic rings. The van der Waals surface area contributed by atoms with Gasteiger partial charge in [-0.3, -0.25) is 4.79 Å². The van der Waals surface area contributed by atoms with Crippen LogP contribution in [0.4, 0.5) is 10.5 Å². The van der Waals surface area contributed by atoms with Crippen molar-refractivity contribution in [2.24, 2.45) is 11.7 Å². The van der Waals surface area contributed by atoms with E-state index in [1.807, 2.05) is 12.1 Å². The molecule has 0 spiro atoms. The van der Waals surface area contributed by atoms with Gasteiger partial charge in [-0.15, -0.1) is 11.3 Å². The Hall–Kier alpha value is -2.34. The van der Waals surface area contributed by atoms with Crippen LogP contribution in [-0.2, 0) is 11.3 Å². The highest BCUT2D eigenvalue weighted by atomic mass is 32.1. The van der Waals surface area contributed by atoms with Crippen LogP contribution in [-0.4, -0.2) is 11.9 Å². The Bertz CT molecular complexity index is 741. The van der Waals surface area contributed by atoms with E-state index in [1.165, 1.54) is 9.75 Å². The van der Waals surface area contributed by atoms with E-state index in [4.69, 9.17) is 5.73 Å². The highest BCUT2D eigenvalue weighted by molar-refractivity contribution is 7.12. The fraction of sp³-hybridized carbons (Fsp3) is 0.294. The predicted molar refractivity (Wildman–Crippen MR) is 91.4 cm³/mol. The van der Waals surface area contributed by atoms with Gasteiger partial charge in [0.25, 0.3) is 0 Å². The molecule has 1 saturated carbocycles. The lowest BCUT2D eigenvalue weighted by atomic mass is 10.2. The second-order valence-corrected chi connectivity index (χ2v) is 7.12. The van der Waals surface area contributed by atoms with Crippen molar-refractivity contribution in [1.29, 1.82) is 0 Å². The maximum absolute atomic E-state index is 12.2. The fourth-order valence-electron chi connectivity index (χ4n) is 2.67. The summed E-state index contributed by atoms with van der Waals surface area (Å²) in [6.45, 7) is 2.53. The lowest BCUT2D eigenvalue weighted by molar-refractivity contribution is -0.122. The molecule has 23 heavy (non-hydrogen) atoms. The molecule has 5 nitrogen and oxygen atoms in total. The molecule has 6 heteroatoms. The third-order valence-corrected chi connectivity index (χ3v) is 5.05. The topological polar surface area (TPSA) is 84.2 Å². The Labute approximate surface area is 138 Å². The standard InChI is InChI=1S/C17H19N3O2S/c1-10-5-6-15(23-10)13-8-14(13)16(21)19-9-11-3-2-4-12(7-11)20-17(18)22/h2-7,13-14H,8-9H2,1H3,(H,19,21)(H3,18,20,22)/t13-,14-/m1/s1. The normalized spacial score (nSPS) is 19.2. The Kier molecular flexibility index (Phi) is 4.34. The van der Waals surface area contributed by atoms with Crippen LogP contribution in [0.5, 0.6) is 0 Å². The minimum atomic E-state index is -0.599. The van der Waals surface area contributed by atoms with E-state index in [1.54, 1.807) is 23.5 Å². The van der Waals surface area contributed by atoms with Crippen molar-refractivity contribution in [2.75, 3.05) is 5.32 Å². The molecule has 2 atom stereocenters. The number of carbonyl (C=O) groups is 2. The third kappa shape index (κ3) is 3.90. The summed E-state index contributed by atoms with van der Waals surface area (Å²) in [6, 6.07) is 10.9. The van der Waals surface area contributed by atoms with Crippen molar-refractivity contribution in [1.82, 2.24) is 5.32 Å². The molecule has 120 valence electrons. The number of aryl methyl sites for hydroxylation is 1. The zero-order valence-corrected chi connectivity index (χ0v) is 13.7. The Balaban J connectivity index is 1.53. The quantitative estimate of drug-likeness (QED) is 0.788. The summed E-state index contributed by atoms with van der Waals surface area (Å²) in [5.74, 6) is 0.547. The van der Waals surface area contributed by atoms with Crippen molar-refractivity contribution in [3.8, 4) is 0 Å². The number of carbonyl (C=O) groups excluding carboxylic acids is 2. The molecule has 1 aromatic heterocycles. The minimum Gasteiger partial charge on any atom is -0.352 e. The molecule has 3 rings (SSSR count). The van der Waals surface area contributed by atoms with Crippen molar-refractivity contribution in [3.05, 3.63) is 51.7 Å². The molecule has 3 amide bonds. The van der Waals surface area contributed by atoms with E-state index in [0.717, 1.165) is 12.0 Å². The first-order valence-corrected chi connectivity index (χ1v) is 8.34. The first-order valence-electron chi connectivity index (χ1n) is 7.52. The smallest absolute Gasteiger partial charge is 0.316 e. The number of urea groups is 1. The number of amides is 3. The van der Waals surface area contributed by atoms with Gasteiger partial charge in [0, 0.05) is 33.8 Å². The number of hydrogen-bond donors (Lipinski definition) is 3. The van der Waals surface area contributed by atoms with Gasteiger partial charge in [0.1, 0.15) is 0 Å². The highest BCUT2D eigenvalue weighted by Crippen LogP contribution is 2.49. The van der Waals surface area contributed by atoms with E-state index in [9.17, 15) is 9.59 Å². The average molecular weight is 329 g/mol. The monoisotopic (exact) mass is 329 g/mol. The molecule has 1 aromatic carbocycles. The number of hydrogen-bond acceptors (Lipinski definition) is 3. The summed E-state index contributed by atoms with van der Waals surface area (Å²) in [7, 11) is 0. The summed E-state index contributed by atoms with van der Waals surface area (Å²) in [4.78, 5) is 25.7. The van der Waals surface area contributed by atoms with Crippen LogP contribution >= 0.6 is 11.3 Å². The number of benzene rings is 1. The van der Waals surface area contributed by atoms with Crippen LogP contribution in [0.2, 0.25) is 0 Å². The van der Waals surface area contributed by atoms with Crippen molar-refractivity contribution < 1.29 is 9.59 Å². The minimum absolute atomic E-state index is 0.0833. The molecular weight excluding hydrogens is 310 g/mol. The van der Waals surface area contributed by atoms with Crippen LogP contribution < -0.4 is 16.4 Å². The SMILES string of the molecule is Cc1ccc([C@@H]2C[C@H]2C(=O)NCc2cccc(NC(N)=O)c2)s1. The summed E-state index contributed by atoms with van der Waals surface area (Å²) in [5, 5.41) is 5.50. The van der Waals surface area contributed by atoms with Crippen LogP contribution in [0.25, 0.3) is 0 Å². The zero-order valence-electron chi connectivity index (χ0n) is 12.8. The summed E-state index contributed by atoms with van der Waals surface area (Å²) in [6.07, 6.45) is 0.926. The lowest BCUT2D eigenvalue weighted by Crippen LogP contribution is -2.25. The van der Waals surface area contributed by atoms with Gasteiger partial charge in [-0.2, -0.15) is 0 Å². The van der Waals surface area contributed by atoms with Crippen molar-refractivity contribution in [2.45, 2.75) is 25.8 Å². The summed E-state index contributed by atoms with van der Waals surface area (Å²) < 4.78 is 0. The summed E-state index contributed by atoms with van der Waals surface area (Å²) in [5.41, 5.74) is 6.65. The molecule has 2 aromatic rings. The number of nitrogens with one attached hydrogen (secondary N) is 2. The number of anilines is 1. The fourth-order valence-corrected chi connectivity index (χ4v) is 3.73. The predicted octanol–water partition coefficient (Wildman–Crippen LogP) is 2.97. The van der Waals surface area contributed by atoms with Gasteiger partial charge in [-0.05, 0) is 43.2 Å². The van der Waals surface area contributed by atoms with Gasteiger partial charge in [-0.25, -0.2) is 4.79 Å². The molecule has 0 aliphatic heterocycles. The number of primary amides is 1. The van der Waals surface area contributed by atoms with E-state index in [-0.39, 0.29) is 11.8 Å². The van der Waals surface area contributed by atoms with E-state index >= 15 is 0 Å². The van der Waals surface area contributed by atoms with Crippen LogP contribution in [0.1, 0.15) is 27.7 Å². The molecule has 1 fully saturated rings. The molecule has 0 radical (unpaired) electrons. The number of rotatable bonds is 5. The first kappa shape index (κ1) is 15.6. The molecule has 1 heterocycles. The van der Waals surface area contributed by atoms with Gasteiger partial charge in [0.2, 0.25) is 5.91 Å².